The fourth-order valence-electron chi connectivity index (χ4n) is 3.07. The zero-order valence-corrected chi connectivity index (χ0v) is 12.7. The van der Waals surface area contributed by atoms with Gasteiger partial charge in [0.15, 0.2) is 0 Å². The number of carbonyl (C=O) groups excluding carboxylic acids is 1. The number of aliphatic hydroxyl groups excluding tert-OH is 1. The number of benzene rings is 1. The molecule has 0 aromatic heterocycles. The zero-order valence-electron chi connectivity index (χ0n) is 12.7. The molecule has 1 aliphatic rings. The van der Waals surface area contributed by atoms with Crippen LogP contribution in [0.15, 0.2) is 30.3 Å². The van der Waals surface area contributed by atoms with Crippen LogP contribution in [-0.4, -0.2) is 24.2 Å². The maximum absolute atomic E-state index is 12.7. The van der Waals surface area contributed by atoms with Crippen molar-refractivity contribution in [2.75, 3.05) is 13.2 Å². The lowest BCUT2D eigenvalue weighted by molar-refractivity contribution is -0.134. The summed E-state index contributed by atoms with van der Waals surface area (Å²) in [6, 6.07) is 9.21. The first kappa shape index (κ1) is 16.0. The summed E-state index contributed by atoms with van der Waals surface area (Å²) in [5, 5.41) is 12.6. The first-order valence-electron chi connectivity index (χ1n) is 7.78. The lowest BCUT2D eigenvalue weighted by atomic mass is 9.70. The number of carbonyl (C=O) groups is 1. The molecule has 0 heterocycles. The molecule has 0 aliphatic heterocycles. The van der Waals surface area contributed by atoms with Gasteiger partial charge in [-0.1, -0.05) is 37.3 Å². The summed E-state index contributed by atoms with van der Waals surface area (Å²) in [6.45, 7) is 2.49. The second-order valence-corrected chi connectivity index (χ2v) is 6.29. The van der Waals surface area contributed by atoms with Gasteiger partial charge in [-0.05, 0) is 37.2 Å². The summed E-state index contributed by atoms with van der Waals surface area (Å²) in [6.07, 6.45) is 3.76. The van der Waals surface area contributed by atoms with E-state index in [4.69, 9.17) is 5.73 Å². The number of nitrogens with two attached hydrogens (primary N) is 1. The van der Waals surface area contributed by atoms with E-state index in [1.807, 2.05) is 30.3 Å². The summed E-state index contributed by atoms with van der Waals surface area (Å²) < 4.78 is 0. The number of nitrogens with one attached hydrogen (secondary N) is 1. The van der Waals surface area contributed by atoms with Crippen molar-refractivity contribution in [2.45, 2.75) is 38.6 Å². The van der Waals surface area contributed by atoms with Crippen LogP contribution in [0.5, 0.6) is 0 Å². The Kier molecular flexibility index (Phi) is 5.37. The number of hydrogen-bond donors (Lipinski definition) is 3. The zero-order chi connectivity index (χ0) is 15.3. The molecule has 0 bridgehead atoms. The predicted octanol–water partition coefficient (Wildman–Crippen LogP) is 1.99. The average molecular weight is 290 g/mol. The fraction of sp³-hybridized carbons (Fsp3) is 0.588. The summed E-state index contributed by atoms with van der Waals surface area (Å²) in [5.41, 5.74) is 6.37. The van der Waals surface area contributed by atoms with Crippen LogP contribution in [0.1, 0.15) is 44.2 Å². The molecule has 1 amide bonds. The van der Waals surface area contributed by atoms with E-state index in [1.165, 1.54) is 0 Å². The van der Waals surface area contributed by atoms with Gasteiger partial charge in [0.1, 0.15) is 0 Å². The van der Waals surface area contributed by atoms with Gasteiger partial charge in [0.05, 0.1) is 18.1 Å². The summed E-state index contributed by atoms with van der Waals surface area (Å²) in [4.78, 5) is 12.7. The maximum Gasteiger partial charge on any atom is 0.228 e. The maximum atomic E-state index is 12.7. The van der Waals surface area contributed by atoms with Gasteiger partial charge in [-0.2, -0.15) is 0 Å². The van der Waals surface area contributed by atoms with Crippen LogP contribution in [0.2, 0.25) is 0 Å². The van der Waals surface area contributed by atoms with Gasteiger partial charge in [-0.3, -0.25) is 4.79 Å². The Morgan fingerprint density at radius 1 is 1.38 bits per heavy atom. The van der Waals surface area contributed by atoms with E-state index < -0.39 is 5.41 Å². The van der Waals surface area contributed by atoms with Crippen molar-refractivity contribution in [1.82, 2.24) is 5.32 Å². The molecule has 1 fully saturated rings. The van der Waals surface area contributed by atoms with Gasteiger partial charge in [0, 0.05) is 6.54 Å². The molecule has 0 unspecified atom stereocenters. The average Bonchev–Trinajstić information content (AvgIpc) is 2.54. The Morgan fingerprint density at radius 3 is 2.52 bits per heavy atom. The van der Waals surface area contributed by atoms with Gasteiger partial charge < -0.3 is 16.2 Å². The first-order valence-corrected chi connectivity index (χ1v) is 7.78. The van der Waals surface area contributed by atoms with E-state index in [9.17, 15) is 9.90 Å². The standard InChI is InChI=1S/C17H26N2O2/c1-13-7-9-17(12-18,10-8-13)16(21)19-15(11-20)14-5-3-2-4-6-14/h2-6,13,15,20H,7-12,18H2,1H3,(H,19,21)/t13?,15-,17?/m0/s1. The van der Waals surface area contributed by atoms with Crippen LogP contribution in [-0.2, 0) is 4.79 Å². The second-order valence-electron chi connectivity index (χ2n) is 6.29. The third kappa shape index (κ3) is 3.63. The molecule has 0 spiro atoms. The molecule has 0 saturated heterocycles. The minimum Gasteiger partial charge on any atom is -0.394 e. The Labute approximate surface area is 126 Å². The molecule has 1 aromatic carbocycles. The Morgan fingerprint density at radius 2 is 2.00 bits per heavy atom. The number of hydrogen-bond acceptors (Lipinski definition) is 3. The van der Waals surface area contributed by atoms with E-state index >= 15 is 0 Å². The molecule has 4 heteroatoms. The number of aliphatic hydroxyl groups is 1. The van der Waals surface area contributed by atoms with Gasteiger partial charge in [-0.25, -0.2) is 0 Å². The van der Waals surface area contributed by atoms with Crippen LogP contribution in [0.4, 0.5) is 0 Å². The summed E-state index contributed by atoms with van der Waals surface area (Å²) >= 11 is 0. The van der Waals surface area contributed by atoms with Gasteiger partial charge in [0.2, 0.25) is 5.91 Å². The molecular weight excluding hydrogens is 264 g/mol. The Bertz CT molecular complexity index is 453. The molecule has 1 saturated carbocycles. The van der Waals surface area contributed by atoms with Gasteiger partial charge >= 0.3 is 0 Å². The highest BCUT2D eigenvalue weighted by Gasteiger charge is 2.40. The lowest BCUT2D eigenvalue weighted by Gasteiger charge is -2.38. The largest absolute Gasteiger partial charge is 0.394 e. The van der Waals surface area contributed by atoms with Crippen LogP contribution < -0.4 is 11.1 Å². The number of amides is 1. The van der Waals surface area contributed by atoms with Crippen molar-refractivity contribution < 1.29 is 9.90 Å². The van der Waals surface area contributed by atoms with Crippen molar-refractivity contribution in [3.8, 4) is 0 Å². The third-order valence-electron chi connectivity index (χ3n) is 4.79. The highest BCUT2D eigenvalue weighted by atomic mass is 16.3. The summed E-state index contributed by atoms with van der Waals surface area (Å²) in [5.74, 6) is 0.653. The van der Waals surface area contributed by atoms with Crippen molar-refractivity contribution in [3.63, 3.8) is 0 Å². The topological polar surface area (TPSA) is 75.4 Å². The highest BCUT2D eigenvalue weighted by Crippen LogP contribution is 2.38. The minimum atomic E-state index is -0.464. The smallest absolute Gasteiger partial charge is 0.228 e. The molecule has 0 radical (unpaired) electrons. The van der Waals surface area contributed by atoms with E-state index in [2.05, 4.69) is 12.2 Å². The number of rotatable bonds is 5. The van der Waals surface area contributed by atoms with E-state index in [0.717, 1.165) is 31.2 Å². The van der Waals surface area contributed by atoms with Crippen molar-refractivity contribution >= 4 is 5.91 Å². The molecule has 1 atom stereocenters. The van der Waals surface area contributed by atoms with Gasteiger partial charge in [-0.15, -0.1) is 0 Å². The molecular formula is C17H26N2O2. The van der Waals surface area contributed by atoms with E-state index in [1.54, 1.807) is 0 Å². The van der Waals surface area contributed by atoms with Crippen LogP contribution in [0.3, 0.4) is 0 Å². The normalized spacial score (nSPS) is 27.1. The van der Waals surface area contributed by atoms with Crippen LogP contribution in [0.25, 0.3) is 0 Å². The van der Waals surface area contributed by atoms with Crippen molar-refractivity contribution in [1.29, 1.82) is 0 Å². The lowest BCUT2D eigenvalue weighted by Crippen LogP contribution is -2.49. The SMILES string of the molecule is CC1CCC(CN)(C(=O)N[C@@H](CO)c2ccccc2)CC1. The third-order valence-corrected chi connectivity index (χ3v) is 4.79. The molecule has 4 N–H and O–H groups in total. The van der Waals surface area contributed by atoms with Crippen molar-refractivity contribution in [3.05, 3.63) is 35.9 Å². The molecule has 21 heavy (non-hydrogen) atoms. The van der Waals surface area contributed by atoms with Crippen LogP contribution >= 0.6 is 0 Å². The van der Waals surface area contributed by atoms with Gasteiger partial charge in [0.25, 0.3) is 0 Å². The Balaban J connectivity index is 2.08. The van der Waals surface area contributed by atoms with E-state index in [-0.39, 0.29) is 18.6 Å². The molecule has 1 aromatic rings. The summed E-state index contributed by atoms with van der Waals surface area (Å²) in [7, 11) is 0. The molecule has 1 aliphatic carbocycles. The first-order chi connectivity index (χ1) is 10.1. The van der Waals surface area contributed by atoms with Crippen LogP contribution in [0, 0.1) is 11.3 Å². The quantitative estimate of drug-likeness (QED) is 0.776. The fourth-order valence-corrected chi connectivity index (χ4v) is 3.07. The predicted molar refractivity (Wildman–Crippen MR) is 83.5 cm³/mol. The Hall–Kier alpha value is -1.39. The monoisotopic (exact) mass is 290 g/mol. The minimum absolute atomic E-state index is 0.0141. The van der Waals surface area contributed by atoms with Crippen molar-refractivity contribution in [2.24, 2.45) is 17.1 Å². The highest BCUT2D eigenvalue weighted by molar-refractivity contribution is 5.83. The van der Waals surface area contributed by atoms with E-state index in [0.29, 0.717) is 12.5 Å². The molecule has 4 nitrogen and oxygen atoms in total. The molecule has 2 rings (SSSR count). The molecule has 116 valence electrons. The second kappa shape index (κ2) is 7.05.